The Balaban J connectivity index is 2.45. The summed E-state index contributed by atoms with van der Waals surface area (Å²) in [5, 5.41) is 0.305. The van der Waals surface area contributed by atoms with Crippen LogP contribution in [0.25, 0.3) is 0 Å². The molecule has 100 valence electrons. The van der Waals surface area contributed by atoms with E-state index in [0.717, 1.165) is 5.56 Å². The molecule has 0 fully saturated rings. The lowest BCUT2D eigenvalue weighted by Crippen LogP contribution is -2.24. The summed E-state index contributed by atoms with van der Waals surface area (Å²) in [5.41, 5.74) is 0.415. The van der Waals surface area contributed by atoms with Gasteiger partial charge in [-0.1, -0.05) is 11.6 Å². The average molecular weight is 272 g/mol. The van der Waals surface area contributed by atoms with E-state index in [1.54, 1.807) is 12.3 Å². The molecular weight excluding hydrogens is 254 g/mol. The second-order valence-electron chi connectivity index (χ2n) is 4.93. The maximum atomic E-state index is 11.5. The Morgan fingerprint density at radius 2 is 2.11 bits per heavy atom. The van der Waals surface area contributed by atoms with Gasteiger partial charge in [0.15, 0.2) is 10.9 Å². The molecule has 5 heteroatoms. The molecule has 1 heterocycles. The molecule has 4 nitrogen and oxygen atoms in total. The standard InChI is InChI=1S/C13H18ClNO3/c1-9-5-7-15-12(14)11(9)17-8-6-10(16)18-13(2,3)4/h5,7H,6,8H2,1-4H3. The van der Waals surface area contributed by atoms with Crippen LogP contribution in [-0.4, -0.2) is 23.2 Å². The van der Waals surface area contributed by atoms with Gasteiger partial charge >= 0.3 is 5.97 Å². The highest BCUT2D eigenvalue weighted by atomic mass is 35.5. The highest BCUT2D eigenvalue weighted by Crippen LogP contribution is 2.25. The van der Waals surface area contributed by atoms with Crippen molar-refractivity contribution in [2.45, 2.75) is 39.7 Å². The fourth-order valence-corrected chi connectivity index (χ4v) is 1.57. The number of ether oxygens (including phenoxy) is 2. The maximum absolute atomic E-state index is 11.5. The van der Waals surface area contributed by atoms with Crippen molar-refractivity contribution in [3.8, 4) is 5.75 Å². The summed E-state index contributed by atoms with van der Waals surface area (Å²) in [7, 11) is 0. The lowest BCUT2D eigenvalue weighted by Gasteiger charge is -2.19. The predicted octanol–water partition coefficient (Wildman–Crippen LogP) is 3.15. The van der Waals surface area contributed by atoms with E-state index in [9.17, 15) is 4.79 Å². The zero-order valence-electron chi connectivity index (χ0n) is 11.1. The van der Waals surface area contributed by atoms with E-state index in [1.165, 1.54) is 0 Å². The molecule has 1 rings (SSSR count). The number of halogens is 1. The Bertz CT molecular complexity index is 406. The Morgan fingerprint density at radius 3 is 2.67 bits per heavy atom. The summed E-state index contributed by atoms with van der Waals surface area (Å²) < 4.78 is 10.6. The molecule has 18 heavy (non-hydrogen) atoms. The summed E-state index contributed by atoms with van der Waals surface area (Å²) in [4.78, 5) is 15.4. The first kappa shape index (κ1) is 14.8. The fourth-order valence-electron chi connectivity index (χ4n) is 1.31. The highest BCUT2D eigenvalue weighted by Gasteiger charge is 2.16. The van der Waals surface area contributed by atoms with Crippen molar-refractivity contribution in [3.05, 3.63) is 23.0 Å². The minimum absolute atomic E-state index is 0.182. The van der Waals surface area contributed by atoms with Gasteiger partial charge in [0.1, 0.15) is 5.60 Å². The van der Waals surface area contributed by atoms with Crippen LogP contribution in [0.1, 0.15) is 32.8 Å². The molecule has 0 aliphatic rings. The van der Waals surface area contributed by atoms with Gasteiger partial charge in [0, 0.05) is 6.20 Å². The monoisotopic (exact) mass is 271 g/mol. The number of pyridine rings is 1. The molecule has 0 atom stereocenters. The molecule has 0 bridgehead atoms. The number of esters is 1. The van der Waals surface area contributed by atoms with E-state index >= 15 is 0 Å². The molecule has 0 saturated carbocycles. The van der Waals surface area contributed by atoms with Crippen molar-refractivity contribution in [1.82, 2.24) is 4.98 Å². The van der Waals surface area contributed by atoms with Crippen LogP contribution in [-0.2, 0) is 9.53 Å². The number of aromatic nitrogens is 1. The minimum atomic E-state index is -0.473. The Labute approximate surface area is 112 Å². The first-order valence-corrected chi connectivity index (χ1v) is 6.13. The molecule has 0 N–H and O–H groups in total. The van der Waals surface area contributed by atoms with Crippen molar-refractivity contribution in [3.63, 3.8) is 0 Å². The Morgan fingerprint density at radius 1 is 1.44 bits per heavy atom. The SMILES string of the molecule is Cc1ccnc(Cl)c1OCCC(=O)OC(C)(C)C. The van der Waals surface area contributed by atoms with Crippen molar-refractivity contribution in [2.24, 2.45) is 0 Å². The van der Waals surface area contributed by atoms with Crippen LogP contribution in [0, 0.1) is 6.92 Å². The topological polar surface area (TPSA) is 48.4 Å². The van der Waals surface area contributed by atoms with Gasteiger partial charge < -0.3 is 9.47 Å². The summed E-state index contributed by atoms with van der Waals surface area (Å²) in [6.07, 6.45) is 1.79. The van der Waals surface area contributed by atoms with Crippen LogP contribution in [0.4, 0.5) is 0 Å². The van der Waals surface area contributed by atoms with E-state index in [4.69, 9.17) is 21.1 Å². The summed E-state index contributed by atoms with van der Waals surface area (Å²) in [6.45, 7) is 7.58. The van der Waals surface area contributed by atoms with Crippen LogP contribution in [0.2, 0.25) is 5.15 Å². The first-order valence-electron chi connectivity index (χ1n) is 5.75. The van der Waals surface area contributed by atoms with Crippen LogP contribution < -0.4 is 4.74 Å². The fraction of sp³-hybridized carbons (Fsp3) is 0.538. The molecule has 0 spiro atoms. The summed E-state index contributed by atoms with van der Waals surface area (Å²) in [6, 6.07) is 1.80. The normalized spacial score (nSPS) is 11.2. The van der Waals surface area contributed by atoms with Gasteiger partial charge in [-0.15, -0.1) is 0 Å². The third-order valence-electron chi connectivity index (χ3n) is 2.03. The Kier molecular flexibility index (Phi) is 4.96. The minimum Gasteiger partial charge on any atom is -0.489 e. The van der Waals surface area contributed by atoms with Gasteiger partial charge in [-0.2, -0.15) is 0 Å². The van der Waals surface area contributed by atoms with Crippen molar-refractivity contribution >= 4 is 17.6 Å². The average Bonchev–Trinajstić information content (AvgIpc) is 2.19. The number of hydrogen-bond acceptors (Lipinski definition) is 4. The second kappa shape index (κ2) is 6.05. The van der Waals surface area contributed by atoms with Gasteiger partial charge in [0.25, 0.3) is 0 Å². The van der Waals surface area contributed by atoms with E-state index in [-0.39, 0.29) is 19.0 Å². The number of hydrogen-bond donors (Lipinski definition) is 0. The van der Waals surface area contributed by atoms with Gasteiger partial charge in [-0.25, -0.2) is 4.98 Å². The Hall–Kier alpha value is -1.29. The van der Waals surface area contributed by atoms with E-state index in [2.05, 4.69) is 4.98 Å². The molecule has 1 aromatic heterocycles. The van der Waals surface area contributed by atoms with Gasteiger partial charge in [-0.05, 0) is 39.3 Å². The molecule has 0 saturated heterocycles. The largest absolute Gasteiger partial charge is 0.489 e. The molecule has 0 aliphatic carbocycles. The first-order chi connectivity index (χ1) is 8.29. The molecule has 0 radical (unpaired) electrons. The van der Waals surface area contributed by atoms with E-state index < -0.39 is 5.60 Å². The van der Waals surface area contributed by atoms with Gasteiger partial charge in [0.2, 0.25) is 0 Å². The van der Waals surface area contributed by atoms with E-state index in [1.807, 2.05) is 27.7 Å². The smallest absolute Gasteiger partial charge is 0.309 e. The summed E-state index contributed by atoms with van der Waals surface area (Å²) in [5.74, 6) is 0.225. The number of nitrogens with zero attached hydrogens (tertiary/aromatic N) is 1. The van der Waals surface area contributed by atoms with E-state index in [0.29, 0.717) is 10.9 Å². The summed E-state index contributed by atoms with van der Waals surface area (Å²) >= 11 is 5.90. The molecule has 0 aliphatic heterocycles. The quantitative estimate of drug-likeness (QED) is 0.623. The van der Waals surface area contributed by atoms with Gasteiger partial charge in [-0.3, -0.25) is 4.79 Å². The van der Waals surface area contributed by atoms with Crippen molar-refractivity contribution in [1.29, 1.82) is 0 Å². The van der Waals surface area contributed by atoms with Crippen molar-refractivity contribution < 1.29 is 14.3 Å². The lowest BCUT2D eigenvalue weighted by atomic mass is 10.2. The highest BCUT2D eigenvalue weighted by molar-refractivity contribution is 6.30. The molecule has 1 aromatic rings. The molecule has 0 aromatic carbocycles. The predicted molar refractivity (Wildman–Crippen MR) is 69.9 cm³/mol. The lowest BCUT2D eigenvalue weighted by molar-refractivity contribution is -0.155. The molecule has 0 amide bonds. The van der Waals surface area contributed by atoms with Crippen LogP contribution >= 0.6 is 11.6 Å². The number of aryl methyl sites for hydroxylation is 1. The molecule has 0 unspecified atom stereocenters. The third-order valence-corrected chi connectivity index (χ3v) is 2.30. The van der Waals surface area contributed by atoms with Gasteiger partial charge in [0.05, 0.1) is 13.0 Å². The maximum Gasteiger partial charge on any atom is 0.309 e. The number of carbonyl (C=O) groups excluding carboxylic acids is 1. The van der Waals surface area contributed by atoms with Crippen molar-refractivity contribution in [2.75, 3.05) is 6.61 Å². The second-order valence-corrected chi connectivity index (χ2v) is 5.29. The number of rotatable bonds is 4. The zero-order valence-corrected chi connectivity index (χ0v) is 11.9. The zero-order chi connectivity index (χ0) is 13.8. The van der Waals surface area contributed by atoms with Crippen LogP contribution in [0.5, 0.6) is 5.75 Å². The third kappa shape index (κ3) is 4.92. The number of carbonyl (C=O) groups is 1. The van der Waals surface area contributed by atoms with Crippen LogP contribution in [0.3, 0.4) is 0 Å². The van der Waals surface area contributed by atoms with Crippen LogP contribution in [0.15, 0.2) is 12.3 Å². The molecular formula is C13H18ClNO3.